The van der Waals surface area contributed by atoms with Crippen LogP contribution in [0.15, 0.2) is 35.9 Å². The Hall–Kier alpha value is -2.44. The second kappa shape index (κ2) is 15.5. The summed E-state index contributed by atoms with van der Waals surface area (Å²) in [6.45, 7) is 12.1. The van der Waals surface area contributed by atoms with Crippen molar-refractivity contribution in [2.45, 2.75) is 72.1 Å². The van der Waals surface area contributed by atoms with Gasteiger partial charge in [0.1, 0.15) is 11.5 Å². The first kappa shape index (κ1) is 30.6. The predicted octanol–water partition coefficient (Wildman–Crippen LogP) is 5.66. The number of hydrogen-bond acceptors (Lipinski definition) is 6. The number of carbonyl (C=O) groups excluding carboxylic acids is 2. The molecule has 0 fully saturated rings. The van der Waals surface area contributed by atoms with Crippen LogP contribution >= 0.6 is 0 Å². The standard InChI is InChI=1S/C27H39NO4.C2H7N/c1-8-9-10-11-21-15-24(31-20(5)29)27(25(16-21)32-26(30)17-28(6)7)23-14-19(4)12-13-22(23)18(2)3;1-3-2/h14-16,22-23H,2,8-13,17H2,1,3-7H3;3H,1-2H3. The molecule has 2 atom stereocenters. The fourth-order valence-corrected chi connectivity index (χ4v) is 4.35. The summed E-state index contributed by atoms with van der Waals surface area (Å²) in [5.41, 5.74) is 4.12. The van der Waals surface area contributed by atoms with Crippen LogP contribution in [0.2, 0.25) is 0 Å². The van der Waals surface area contributed by atoms with Crippen molar-refractivity contribution in [3.05, 3.63) is 47.1 Å². The first-order valence-electron chi connectivity index (χ1n) is 12.7. The van der Waals surface area contributed by atoms with Gasteiger partial charge in [-0.2, -0.15) is 0 Å². The van der Waals surface area contributed by atoms with Gasteiger partial charge in [0.25, 0.3) is 0 Å². The maximum absolute atomic E-state index is 12.6. The van der Waals surface area contributed by atoms with Crippen LogP contribution in [0, 0.1) is 5.92 Å². The molecule has 0 saturated heterocycles. The summed E-state index contributed by atoms with van der Waals surface area (Å²) < 4.78 is 11.6. The van der Waals surface area contributed by atoms with Crippen molar-refractivity contribution in [3.8, 4) is 11.5 Å². The largest absolute Gasteiger partial charge is 0.426 e. The molecule has 0 radical (unpaired) electrons. The highest BCUT2D eigenvalue weighted by Crippen LogP contribution is 2.47. The van der Waals surface area contributed by atoms with Gasteiger partial charge in [-0.3, -0.25) is 14.5 Å². The zero-order chi connectivity index (χ0) is 26.5. The van der Waals surface area contributed by atoms with Crippen molar-refractivity contribution in [1.82, 2.24) is 10.2 Å². The molecule has 35 heavy (non-hydrogen) atoms. The van der Waals surface area contributed by atoms with Crippen LogP contribution in [-0.4, -0.2) is 51.6 Å². The van der Waals surface area contributed by atoms with Gasteiger partial charge in [-0.15, -0.1) is 0 Å². The van der Waals surface area contributed by atoms with Crippen molar-refractivity contribution >= 4 is 11.9 Å². The molecule has 0 aliphatic heterocycles. The molecule has 1 aliphatic rings. The number of esters is 2. The molecule has 6 heteroatoms. The lowest BCUT2D eigenvalue weighted by Crippen LogP contribution is -2.27. The Morgan fingerprint density at radius 1 is 1.11 bits per heavy atom. The molecule has 1 aromatic rings. The third-order valence-electron chi connectivity index (χ3n) is 5.87. The van der Waals surface area contributed by atoms with E-state index in [4.69, 9.17) is 9.47 Å². The van der Waals surface area contributed by atoms with Crippen LogP contribution in [-0.2, 0) is 16.0 Å². The fraction of sp³-hybridized carbons (Fsp3) is 0.586. The number of nitrogens with zero attached hydrogens (tertiary/aromatic N) is 1. The summed E-state index contributed by atoms with van der Waals surface area (Å²) >= 11 is 0. The molecule has 1 aliphatic carbocycles. The molecule has 0 spiro atoms. The number of aryl methyl sites for hydroxylation is 1. The molecule has 0 amide bonds. The minimum Gasteiger partial charge on any atom is -0.426 e. The minimum atomic E-state index is -0.383. The lowest BCUT2D eigenvalue weighted by Gasteiger charge is -2.32. The number of unbranched alkanes of at least 4 members (excludes halogenated alkanes) is 2. The molecule has 0 saturated carbocycles. The molecule has 2 unspecified atom stereocenters. The number of likely N-dealkylation sites (N-methyl/N-ethyl adjacent to an activating group) is 1. The zero-order valence-electron chi connectivity index (χ0n) is 23.1. The van der Waals surface area contributed by atoms with Crippen LogP contribution in [0.5, 0.6) is 11.5 Å². The average molecular weight is 487 g/mol. The van der Waals surface area contributed by atoms with Gasteiger partial charge in [0.2, 0.25) is 0 Å². The number of hydrogen-bond donors (Lipinski definition) is 1. The number of carbonyl (C=O) groups is 2. The molecular weight excluding hydrogens is 440 g/mol. The van der Waals surface area contributed by atoms with Crippen LogP contribution in [0.3, 0.4) is 0 Å². The lowest BCUT2D eigenvalue weighted by atomic mass is 9.73. The Morgan fingerprint density at radius 3 is 2.23 bits per heavy atom. The fourth-order valence-electron chi connectivity index (χ4n) is 4.35. The number of nitrogens with one attached hydrogen (secondary N) is 1. The average Bonchev–Trinajstić information content (AvgIpc) is 2.73. The van der Waals surface area contributed by atoms with Gasteiger partial charge in [0.15, 0.2) is 0 Å². The Labute approximate surface area is 212 Å². The second-order valence-electron chi connectivity index (χ2n) is 9.80. The Bertz CT molecular complexity index is 889. The smallest absolute Gasteiger partial charge is 0.325 e. The Balaban J connectivity index is 0.00000194. The minimum absolute atomic E-state index is 0.0672. The highest BCUT2D eigenvalue weighted by molar-refractivity contribution is 5.76. The molecule has 0 aromatic heterocycles. The quantitative estimate of drug-likeness (QED) is 0.199. The van der Waals surface area contributed by atoms with Crippen LogP contribution in [0.25, 0.3) is 0 Å². The van der Waals surface area contributed by atoms with Gasteiger partial charge in [0, 0.05) is 18.4 Å². The normalized spacial score (nSPS) is 17.2. The van der Waals surface area contributed by atoms with Gasteiger partial charge in [-0.05, 0) is 91.3 Å². The summed E-state index contributed by atoms with van der Waals surface area (Å²) in [5.74, 6) is 0.378. The molecule has 6 nitrogen and oxygen atoms in total. The van der Waals surface area contributed by atoms with E-state index in [0.29, 0.717) is 11.5 Å². The maximum Gasteiger partial charge on any atom is 0.325 e. The highest BCUT2D eigenvalue weighted by Gasteiger charge is 2.32. The monoisotopic (exact) mass is 486 g/mol. The van der Waals surface area contributed by atoms with E-state index >= 15 is 0 Å². The number of rotatable bonds is 10. The molecule has 1 N–H and O–H groups in total. The van der Waals surface area contributed by atoms with Gasteiger partial charge >= 0.3 is 11.9 Å². The van der Waals surface area contributed by atoms with Gasteiger partial charge in [0.05, 0.1) is 6.54 Å². The first-order chi connectivity index (χ1) is 16.5. The topological polar surface area (TPSA) is 67.9 Å². The maximum atomic E-state index is 12.6. The molecule has 0 heterocycles. The molecule has 2 rings (SSSR count). The van der Waals surface area contributed by atoms with E-state index < -0.39 is 0 Å². The number of benzene rings is 1. The van der Waals surface area contributed by atoms with Gasteiger partial charge < -0.3 is 14.8 Å². The van der Waals surface area contributed by atoms with E-state index in [9.17, 15) is 9.59 Å². The predicted molar refractivity (Wildman–Crippen MR) is 144 cm³/mol. The van der Waals surface area contributed by atoms with Crippen molar-refractivity contribution < 1.29 is 19.1 Å². The molecule has 1 aromatic carbocycles. The third kappa shape index (κ3) is 10.4. The summed E-state index contributed by atoms with van der Waals surface area (Å²) in [6.07, 6.45) is 8.27. The van der Waals surface area contributed by atoms with Crippen molar-refractivity contribution in [3.63, 3.8) is 0 Å². The van der Waals surface area contributed by atoms with E-state index in [-0.39, 0.29) is 30.3 Å². The van der Waals surface area contributed by atoms with E-state index in [1.807, 2.05) is 47.2 Å². The summed E-state index contributed by atoms with van der Waals surface area (Å²) in [6, 6.07) is 3.90. The highest BCUT2D eigenvalue weighted by atomic mass is 16.5. The van der Waals surface area contributed by atoms with Gasteiger partial charge in [-0.25, -0.2) is 0 Å². The van der Waals surface area contributed by atoms with Crippen LogP contribution < -0.4 is 14.8 Å². The Kier molecular flexibility index (Phi) is 13.6. The first-order valence-corrected chi connectivity index (χ1v) is 12.7. The molecule has 0 bridgehead atoms. The third-order valence-corrected chi connectivity index (χ3v) is 5.87. The summed E-state index contributed by atoms with van der Waals surface area (Å²) in [4.78, 5) is 26.4. The van der Waals surface area contributed by atoms with E-state index in [2.05, 4.69) is 31.8 Å². The second-order valence-corrected chi connectivity index (χ2v) is 9.80. The van der Waals surface area contributed by atoms with E-state index in [1.54, 1.807) is 4.90 Å². The summed E-state index contributed by atoms with van der Waals surface area (Å²) in [5, 5.41) is 2.75. The number of allylic oxidation sites excluding steroid dienone is 3. The van der Waals surface area contributed by atoms with Crippen molar-refractivity contribution in [1.29, 1.82) is 0 Å². The summed E-state index contributed by atoms with van der Waals surface area (Å²) in [7, 11) is 7.41. The SMILES string of the molecule is C=C(C)C1CCC(C)=CC1c1c(OC(C)=O)cc(CCCCC)cc1OC(=O)CN(C)C.CNC. The Morgan fingerprint density at radius 2 is 1.71 bits per heavy atom. The van der Waals surface area contributed by atoms with Crippen molar-refractivity contribution in [2.75, 3.05) is 34.7 Å². The molecular formula is C29H46N2O4. The van der Waals surface area contributed by atoms with Gasteiger partial charge in [-0.1, -0.05) is 43.6 Å². The zero-order valence-corrected chi connectivity index (χ0v) is 23.1. The lowest BCUT2D eigenvalue weighted by molar-refractivity contribution is -0.135. The van der Waals surface area contributed by atoms with Crippen LogP contribution in [0.4, 0.5) is 0 Å². The van der Waals surface area contributed by atoms with E-state index in [1.165, 1.54) is 12.5 Å². The number of ether oxygens (including phenoxy) is 2. The van der Waals surface area contributed by atoms with Crippen molar-refractivity contribution in [2.24, 2.45) is 5.92 Å². The van der Waals surface area contributed by atoms with E-state index in [0.717, 1.165) is 55.2 Å². The van der Waals surface area contributed by atoms with Crippen LogP contribution in [0.1, 0.15) is 76.8 Å². The molecule has 196 valence electrons.